The monoisotopic (exact) mass is 297 g/mol. The maximum atomic E-state index is 12.8. The molecule has 0 heterocycles. The maximum Gasteiger partial charge on any atom is 0.330 e. The Kier molecular flexibility index (Phi) is 6.35. The van der Waals surface area contributed by atoms with Crippen LogP contribution in [-0.4, -0.2) is 32.1 Å². The molecule has 1 aromatic rings. The van der Waals surface area contributed by atoms with Crippen LogP contribution in [0.2, 0.25) is 0 Å². The number of ether oxygens (including phenoxy) is 1. The minimum Gasteiger partial charge on any atom is -0.373 e. The number of rotatable bonds is 8. The van der Waals surface area contributed by atoms with Gasteiger partial charge < -0.3 is 10.1 Å². The zero-order valence-electron chi connectivity index (χ0n) is 10.9. The molecule has 20 heavy (non-hydrogen) atoms. The largest absolute Gasteiger partial charge is 0.373 e. The number of likely N-dealkylation sites (N-methyl/N-ethyl adjacent to an activating group) is 1. The van der Waals surface area contributed by atoms with E-state index in [1.54, 1.807) is 6.92 Å². The first-order valence-electron chi connectivity index (χ1n) is 6.09. The maximum absolute atomic E-state index is 12.8. The third kappa shape index (κ3) is 5.05. The summed E-state index contributed by atoms with van der Waals surface area (Å²) in [5.41, 5.74) is 0.633. The quantitative estimate of drug-likeness (QED) is 0.743. The van der Waals surface area contributed by atoms with Crippen molar-refractivity contribution in [3.05, 3.63) is 35.6 Å². The van der Waals surface area contributed by atoms with Crippen LogP contribution < -0.4 is 5.32 Å². The molecule has 1 aromatic carbocycles. The SMILES string of the molecule is CCNC(COCC(F)(F)C(F)F)c1ccc(F)cc1. The van der Waals surface area contributed by atoms with E-state index in [0.29, 0.717) is 12.1 Å². The van der Waals surface area contributed by atoms with Gasteiger partial charge in [0.15, 0.2) is 0 Å². The zero-order chi connectivity index (χ0) is 15.2. The highest BCUT2D eigenvalue weighted by molar-refractivity contribution is 5.20. The molecule has 0 amide bonds. The Morgan fingerprint density at radius 2 is 1.80 bits per heavy atom. The number of halogens is 5. The highest BCUT2D eigenvalue weighted by atomic mass is 19.3. The molecule has 0 aliphatic rings. The molecule has 0 saturated carbocycles. The average Bonchev–Trinajstić information content (AvgIpc) is 2.38. The molecule has 1 N–H and O–H groups in total. The molecule has 7 heteroatoms. The van der Waals surface area contributed by atoms with E-state index in [0.717, 1.165) is 0 Å². The van der Waals surface area contributed by atoms with Gasteiger partial charge in [-0.05, 0) is 24.2 Å². The second-order valence-corrected chi connectivity index (χ2v) is 4.24. The molecule has 1 rings (SSSR count). The van der Waals surface area contributed by atoms with Crippen molar-refractivity contribution >= 4 is 0 Å². The van der Waals surface area contributed by atoms with Crippen LogP contribution in [0.4, 0.5) is 22.0 Å². The predicted octanol–water partition coefficient (Wildman–Crippen LogP) is 3.39. The van der Waals surface area contributed by atoms with Crippen LogP contribution in [0, 0.1) is 5.82 Å². The van der Waals surface area contributed by atoms with Crippen LogP contribution >= 0.6 is 0 Å². The number of benzene rings is 1. The van der Waals surface area contributed by atoms with Gasteiger partial charge in [0, 0.05) is 0 Å². The smallest absolute Gasteiger partial charge is 0.330 e. The van der Waals surface area contributed by atoms with Gasteiger partial charge in [-0.1, -0.05) is 19.1 Å². The first kappa shape index (κ1) is 16.8. The van der Waals surface area contributed by atoms with Gasteiger partial charge in [-0.3, -0.25) is 0 Å². The molecule has 114 valence electrons. The third-order valence-corrected chi connectivity index (χ3v) is 2.62. The summed E-state index contributed by atoms with van der Waals surface area (Å²) in [5.74, 6) is -4.59. The molecule has 0 aliphatic carbocycles. The van der Waals surface area contributed by atoms with Gasteiger partial charge in [0.2, 0.25) is 0 Å². The van der Waals surface area contributed by atoms with Gasteiger partial charge in [-0.15, -0.1) is 0 Å². The summed E-state index contributed by atoms with van der Waals surface area (Å²) in [4.78, 5) is 0. The van der Waals surface area contributed by atoms with Crippen molar-refractivity contribution in [1.82, 2.24) is 5.32 Å². The Balaban J connectivity index is 2.58. The van der Waals surface area contributed by atoms with Crippen LogP contribution in [0.3, 0.4) is 0 Å². The first-order chi connectivity index (χ1) is 9.36. The van der Waals surface area contributed by atoms with E-state index in [-0.39, 0.29) is 6.61 Å². The average molecular weight is 297 g/mol. The summed E-state index contributed by atoms with van der Waals surface area (Å²) in [6.07, 6.45) is -3.76. The van der Waals surface area contributed by atoms with Gasteiger partial charge in [0.1, 0.15) is 12.4 Å². The molecular formula is C13H16F5NO. The molecule has 0 spiro atoms. The fourth-order valence-corrected chi connectivity index (χ4v) is 1.59. The summed E-state index contributed by atoms with van der Waals surface area (Å²) >= 11 is 0. The van der Waals surface area contributed by atoms with E-state index in [2.05, 4.69) is 10.1 Å². The Bertz CT molecular complexity index is 396. The minimum atomic E-state index is -4.17. The lowest BCUT2D eigenvalue weighted by molar-refractivity contribution is -0.167. The van der Waals surface area contributed by atoms with Gasteiger partial charge in [-0.25, -0.2) is 13.2 Å². The van der Waals surface area contributed by atoms with Crippen LogP contribution in [0.15, 0.2) is 24.3 Å². The molecule has 0 fully saturated rings. The highest BCUT2D eigenvalue weighted by Gasteiger charge is 2.41. The Hall–Kier alpha value is -1.21. The minimum absolute atomic E-state index is 0.207. The van der Waals surface area contributed by atoms with E-state index >= 15 is 0 Å². The number of alkyl halides is 4. The Morgan fingerprint density at radius 1 is 1.20 bits per heavy atom. The molecule has 0 saturated heterocycles. The standard InChI is InChI=1S/C13H16F5NO/c1-2-19-11(9-3-5-10(14)6-4-9)7-20-8-13(17,18)12(15)16/h3-6,11-12,19H,2,7-8H2,1H3. The van der Waals surface area contributed by atoms with Gasteiger partial charge in [0.05, 0.1) is 12.6 Å². The zero-order valence-corrected chi connectivity index (χ0v) is 10.9. The molecule has 1 unspecified atom stereocenters. The topological polar surface area (TPSA) is 21.3 Å². The summed E-state index contributed by atoms with van der Waals surface area (Å²) < 4.78 is 66.8. The van der Waals surface area contributed by atoms with Crippen molar-refractivity contribution in [2.24, 2.45) is 0 Å². The van der Waals surface area contributed by atoms with Gasteiger partial charge in [-0.2, -0.15) is 8.78 Å². The molecule has 0 aromatic heterocycles. The van der Waals surface area contributed by atoms with Crippen LogP contribution in [0.25, 0.3) is 0 Å². The summed E-state index contributed by atoms with van der Waals surface area (Å²) in [6, 6.07) is 4.96. The fraction of sp³-hybridized carbons (Fsp3) is 0.538. The number of nitrogens with one attached hydrogen (secondary N) is 1. The van der Waals surface area contributed by atoms with Crippen molar-refractivity contribution < 1.29 is 26.7 Å². The normalized spacial score (nSPS) is 13.8. The van der Waals surface area contributed by atoms with E-state index in [1.807, 2.05) is 0 Å². The second-order valence-electron chi connectivity index (χ2n) is 4.24. The van der Waals surface area contributed by atoms with Crippen molar-refractivity contribution in [1.29, 1.82) is 0 Å². The lowest BCUT2D eigenvalue weighted by Gasteiger charge is -2.21. The predicted molar refractivity (Wildman–Crippen MR) is 64.6 cm³/mol. The van der Waals surface area contributed by atoms with Crippen LogP contribution in [0.1, 0.15) is 18.5 Å². The van der Waals surface area contributed by atoms with Gasteiger partial charge >= 0.3 is 12.3 Å². The van der Waals surface area contributed by atoms with E-state index in [4.69, 9.17) is 0 Å². The molecule has 0 bridgehead atoms. The van der Waals surface area contributed by atoms with Crippen molar-refractivity contribution in [3.63, 3.8) is 0 Å². The molecule has 0 aliphatic heterocycles. The lowest BCUT2D eigenvalue weighted by Crippen LogP contribution is -2.34. The molecule has 0 radical (unpaired) electrons. The van der Waals surface area contributed by atoms with E-state index in [9.17, 15) is 22.0 Å². The number of hydrogen-bond acceptors (Lipinski definition) is 2. The highest BCUT2D eigenvalue weighted by Crippen LogP contribution is 2.23. The number of hydrogen-bond donors (Lipinski definition) is 1. The van der Waals surface area contributed by atoms with Crippen LogP contribution in [0.5, 0.6) is 0 Å². The summed E-state index contributed by atoms with van der Waals surface area (Å²) in [7, 11) is 0. The van der Waals surface area contributed by atoms with Crippen molar-refractivity contribution in [3.8, 4) is 0 Å². The summed E-state index contributed by atoms with van der Waals surface area (Å²) in [6.45, 7) is 0.760. The summed E-state index contributed by atoms with van der Waals surface area (Å²) in [5, 5.41) is 2.95. The molecule has 2 nitrogen and oxygen atoms in total. The fourth-order valence-electron chi connectivity index (χ4n) is 1.59. The Labute approximate surface area is 113 Å². The van der Waals surface area contributed by atoms with E-state index in [1.165, 1.54) is 24.3 Å². The van der Waals surface area contributed by atoms with Gasteiger partial charge in [0.25, 0.3) is 0 Å². The van der Waals surface area contributed by atoms with Crippen molar-refractivity contribution in [2.45, 2.75) is 25.3 Å². The third-order valence-electron chi connectivity index (χ3n) is 2.62. The lowest BCUT2D eigenvalue weighted by atomic mass is 10.1. The Morgan fingerprint density at radius 3 is 2.30 bits per heavy atom. The second kappa shape index (κ2) is 7.54. The van der Waals surface area contributed by atoms with Crippen molar-refractivity contribution in [2.75, 3.05) is 19.8 Å². The molecule has 1 atom stereocenters. The van der Waals surface area contributed by atoms with E-state index < -0.39 is 30.8 Å². The van der Waals surface area contributed by atoms with Crippen LogP contribution in [-0.2, 0) is 4.74 Å². The molecular weight excluding hydrogens is 281 g/mol. The first-order valence-corrected chi connectivity index (χ1v) is 6.09.